The van der Waals surface area contributed by atoms with Gasteiger partial charge in [-0.2, -0.15) is 10.2 Å². The third-order valence-electron chi connectivity index (χ3n) is 6.73. The molecule has 1 aromatic carbocycles. The minimum atomic E-state index is -0.866. The molecule has 3 aromatic heterocycles. The summed E-state index contributed by atoms with van der Waals surface area (Å²) < 4.78 is 21.9. The number of aromatic nitrogens is 5. The zero-order valence-corrected chi connectivity index (χ0v) is 23.2. The first-order chi connectivity index (χ1) is 19.3. The van der Waals surface area contributed by atoms with E-state index in [1.807, 2.05) is 6.92 Å². The van der Waals surface area contributed by atoms with Crippen molar-refractivity contribution < 1.29 is 24.1 Å². The fraction of sp³-hybridized carbons (Fsp3) is 0.423. The molecule has 1 atom stereocenters. The first-order valence-corrected chi connectivity index (χ1v) is 13.6. The molecular weight excluding hydrogens is 543 g/mol. The lowest BCUT2D eigenvalue weighted by Gasteiger charge is -2.17. The van der Waals surface area contributed by atoms with E-state index in [9.17, 15) is 18.8 Å². The van der Waals surface area contributed by atoms with Gasteiger partial charge in [0.2, 0.25) is 5.91 Å². The molecule has 4 heterocycles. The van der Waals surface area contributed by atoms with E-state index in [1.54, 1.807) is 11.8 Å². The van der Waals surface area contributed by atoms with Crippen molar-refractivity contribution in [2.45, 2.75) is 39.3 Å². The molecule has 12 nitrogen and oxygen atoms in total. The number of aliphatic hydroxyl groups is 2. The van der Waals surface area contributed by atoms with Gasteiger partial charge in [-0.15, -0.1) is 4.80 Å². The molecule has 1 fully saturated rings. The second-order valence-corrected chi connectivity index (χ2v) is 9.99. The number of thiophene rings is 1. The van der Waals surface area contributed by atoms with Crippen LogP contribution in [0.4, 0.5) is 4.39 Å². The molecule has 4 aromatic rings. The molecule has 0 spiro atoms. The zero-order chi connectivity index (χ0) is 29.0. The normalized spacial score (nSPS) is 15.0. The third-order valence-corrected chi connectivity index (χ3v) is 8.01. The van der Waals surface area contributed by atoms with E-state index < -0.39 is 23.1 Å². The molecule has 1 aliphatic rings. The number of likely N-dealkylation sites (tertiary alicyclic amines) is 1. The summed E-state index contributed by atoms with van der Waals surface area (Å²) in [5.74, 6) is -0.151. The van der Waals surface area contributed by atoms with Crippen LogP contribution >= 0.6 is 11.3 Å². The summed E-state index contributed by atoms with van der Waals surface area (Å²) >= 11 is 1.23. The topological polar surface area (TPSA) is 145 Å². The second-order valence-electron chi connectivity index (χ2n) is 9.02. The van der Waals surface area contributed by atoms with E-state index >= 15 is 0 Å². The summed E-state index contributed by atoms with van der Waals surface area (Å²) in [5.41, 5.74) is 0.143. The van der Waals surface area contributed by atoms with Crippen molar-refractivity contribution in [2.75, 3.05) is 33.4 Å². The van der Waals surface area contributed by atoms with E-state index in [-0.39, 0.29) is 32.1 Å². The molecule has 1 saturated heterocycles. The monoisotopic (exact) mass is 574 g/mol. The average Bonchev–Trinajstić information content (AvgIpc) is 3.69. The van der Waals surface area contributed by atoms with Gasteiger partial charge < -0.3 is 19.8 Å². The highest BCUT2D eigenvalue weighted by Crippen LogP contribution is 2.31. The lowest BCUT2D eigenvalue weighted by atomic mass is 10.1. The Bertz CT molecular complexity index is 1610. The number of ether oxygens (including phenoxy) is 1. The summed E-state index contributed by atoms with van der Waals surface area (Å²) in [6.45, 7) is 4.54. The number of amides is 1. The Morgan fingerprint density at radius 2 is 1.85 bits per heavy atom. The van der Waals surface area contributed by atoms with Crippen LogP contribution in [0.25, 0.3) is 15.2 Å². The quantitative estimate of drug-likeness (QED) is 0.320. The zero-order valence-electron chi connectivity index (χ0n) is 22.4. The summed E-state index contributed by atoms with van der Waals surface area (Å²) in [4.78, 5) is 44.0. The Hall–Kier alpha value is -3.88. The van der Waals surface area contributed by atoms with E-state index in [1.165, 1.54) is 58.4 Å². The Balaban J connectivity index is 0.000000867. The first-order valence-electron chi connectivity index (χ1n) is 12.7. The largest absolute Gasteiger partial charge is 0.496 e. The summed E-state index contributed by atoms with van der Waals surface area (Å²) in [6, 6.07) is 3.35. The number of rotatable bonds is 8. The number of benzene rings is 1. The lowest BCUT2D eigenvalue weighted by Crippen LogP contribution is -2.44. The van der Waals surface area contributed by atoms with E-state index in [2.05, 4.69) is 10.2 Å². The van der Waals surface area contributed by atoms with Crippen molar-refractivity contribution in [3.05, 3.63) is 68.4 Å². The average molecular weight is 575 g/mol. The van der Waals surface area contributed by atoms with Crippen molar-refractivity contribution in [1.82, 2.24) is 29.0 Å². The third kappa shape index (κ3) is 5.42. The van der Waals surface area contributed by atoms with Crippen LogP contribution in [0.3, 0.4) is 0 Å². The lowest BCUT2D eigenvalue weighted by molar-refractivity contribution is -0.130. The van der Waals surface area contributed by atoms with Gasteiger partial charge in [-0.25, -0.2) is 13.8 Å². The summed E-state index contributed by atoms with van der Waals surface area (Å²) in [5, 5.41) is 24.6. The van der Waals surface area contributed by atoms with Crippen molar-refractivity contribution in [1.29, 1.82) is 0 Å². The van der Waals surface area contributed by atoms with Crippen molar-refractivity contribution in [3.8, 4) is 10.8 Å². The number of nitrogens with zero attached hydrogens (tertiary/aromatic N) is 6. The van der Waals surface area contributed by atoms with E-state index in [0.717, 1.165) is 4.57 Å². The van der Waals surface area contributed by atoms with Gasteiger partial charge in [-0.1, -0.05) is 11.3 Å². The van der Waals surface area contributed by atoms with Crippen LogP contribution in [-0.4, -0.2) is 78.6 Å². The van der Waals surface area contributed by atoms with Crippen molar-refractivity contribution in [2.24, 2.45) is 0 Å². The van der Waals surface area contributed by atoms with E-state index in [4.69, 9.17) is 14.9 Å². The molecule has 214 valence electrons. The number of halogens is 1. The van der Waals surface area contributed by atoms with E-state index in [0.29, 0.717) is 51.6 Å². The SMILES string of the molecule is CCN1CCC(n2c(=O)c3c(C)c(-n4nccn4)sc3n(CCc3cc(F)ccc3OC)c2=O)C1=O.OCCO. The van der Waals surface area contributed by atoms with Crippen LogP contribution in [0.15, 0.2) is 40.2 Å². The van der Waals surface area contributed by atoms with Crippen LogP contribution in [0.1, 0.15) is 30.5 Å². The van der Waals surface area contributed by atoms with Crippen LogP contribution in [0, 0.1) is 12.7 Å². The van der Waals surface area contributed by atoms with Gasteiger partial charge >= 0.3 is 5.69 Å². The van der Waals surface area contributed by atoms with Gasteiger partial charge in [-0.05, 0) is 50.5 Å². The van der Waals surface area contributed by atoms with Gasteiger partial charge in [-0.3, -0.25) is 14.2 Å². The molecule has 2 N–H and O–H groups in total. The number of hydrogen-bond donors (Lipinski definition) is 2. The summed E-state index contributed by atoms with van der Waals surface area (Å²) in [7, 11) is 1.50. The smallest absolute Gasteiger partial charge is 0.332 e. The Morgan fingerprint density at radius 1 is 1.15 bits per heavy atom. The molecule has 0 aliphatic carbocycles. The highest BCUT2D eigenvalue weighted by Gasteiger charge is 2.35. The molecule has 1 aliphatic heterocycles. The maximum atomic E-state index is 14.0. The van der Waals surface area contributed by atoms with Crippen LogP contribution in [-0.2, 0) is 17.8 Å². The standard InChI is InChI=1S/C24H25FN6O4S.C2H6O2/c1-4-28-11-8-17(20(28)32)30-21(33)19-14(2)22(31-26-9-10-27-31)36-23(19)29(24(30)34)12-7-15-13-16(25)5-6-18(15)35-3;3-1-2-4/h5-6,9-10,13,17H,4,7-8,11-12H2,1-3H3;3-4H,1-2H2. The van der Waals surface area contributed by atoms with Gasteiger partial charge in [0.05, 0.1) is 38.1 Å². The fourth-order valence-corrected chi connectivity index (χ4v) is 6.02. The molecule has 1 unspecified atom stereocenters. The van der Waals surface area contributed by atoms with Crippen molar-refractivity contribution >= 4 is 27.5 Å². The highest BCUT2D eigenvalue weighted by atomic mass is 32.1. The van der Waals surface area contributed by atoms with Gasteiger partial charge in [0.15, 0.2) is 0 Å². The molecule has 14 heteroatoms. The number of aryl methyl sites for hydroxylation is 3. The number of methoxy groups -OCH3 is 1. The van der Waals surface area contributed by atoms with Gasteiger partial charge in [0.1, 0.15) is 27.4 Å². The first kappa shape index (κ1) is 29.1. The number of carbonyl (C=O) groups excluding carboxylic acids is 1. The highest BCUT2D eigenvalue weighted by molar-refractivity contribution is 7.21. The Labute approximate surface area is 232 Å². The fourth-order valence-electron chi connectivity index (χ4n) is 4.79. The number of aliphatic hydroxyl groups excluding tert-OH is 2. The predicted octanol–water partition coefficient (Wildman–Crippen LogP) is 1.27. The Kier molecular flexibility index (Phi) is 9.12. The maximum Gasteiger partial charge on any atom is 0.332 e. The van der Waals surface area contributed by atoms with Gasteiger partial charge in [0, 0.05) is 25.2 Å². The maximum absolute atomic E-state index is 14.0. The minimum absolute atomic E-state index is 0.125. The molecule has 0 bridgehead atoms. The number of hydrogen-bond acceptors (Lipinski definition) is 9. The molecule has 0 saturated carbocycles. The minimum Gasteiger partial charge on any atom is -0.496 e. The summed E-state index contributed by atoms with van der Waals surface area (Å²) in [6.07, 6.45) is 3.71. The molecule has 0 radical (unpaired) electrons. The van der Waals surface area contributed by atoms with Crippen LogP contribution in [0.5, 0.6) is 5.75 Å². The molecular formula is C26H31FN6O6S. The number of carbonyl (C=O) groups is 1. The van der Waals surface area contributed by atoms with Crippen LogP contribution < -0.4 is 16.0 Å². The Morgan fingerprint density at radius 3 is 2.45 bits per heavy atom. The predicted molar refractivity (Wildman–Crippen MR) is 147 cm³/mol. The van der Waals surface area contributed by atoms with Crippen molar-refractivity contribution in [3.63, 3.8) is 0 Å². The molecule has 1 amide bonds. The number of likely N-dealkylation sites (N-methyl/N-ethyl adjacent to an activating group) is 1. The number of fused-ring (bicyclic) bond motifs is 1. The van der Waals surface area contributed by atoms with Gasteiger partial charge in [0.25, 0.3) is 5.56 Å². The molecule has 40 heavy (non-hydrogen) atoms. The second kappa shape index (κ2) is 12.5. The van der Waals surface area contributed by atoms with Crippen LogP contribution in [0.2, 0.25) is 0 Å². The molecule has 5 rings (SSSR count).